The summed E-state index contributed by atoms with van der Waals surface area (Å²) in [5, 5.41) is 9.05. The molecule has 100 valence electrons. The molecule has 0 saturated heterocycles. The first-order valence-electron chi connectivity index (χ1n) is 6.29. The van der Waals surface area contributed by atoms with Gasteiger partial charge in [-0.3, -0.25) is 0 Å². The quantitative estimate of drug-likeness (QED) is 0.851. The van der Waals surface area contributed by atoms with E-state index in [1.54, 1.807) is 12.1 Å². The molecule has 1 aromatic rings. The zero-order valence-electron chi connectivity index (χ0n) is 10.1. The minimum atomic E-state index is -4.27. The standard InChI is InChI=1S/C14H17F3O/c15-14(16,17)13-4-2-1-3-12(13)11-7-5-10(9-18)6-8-11/h1-4,10-11,18H,5-9H2. The third kappa shape index (κ3) is 2.86. The van der Waals surface area contributed by atoms with Crippen LogP contribution in [0.5, 0.6) is 0 Å². The summed E-state index contributed by atoms with van der Waals surface area (Å²) < 4.78 is 38.7. The van der Waals surface area contributed by atoms with E-state index in [0.717, 1.165) is 31.7 Å². The van der Waals surface area contributed by atoms with Crippen LogP contribution in [0.25, 0.3) is 0 Å². The SMILES string of the molecule is OCC1CCC(c2ccccc2C(F)(F)F)CC1. The van der Waals surface area contributed by atoms with Gasteiger partial charge in [-0.05, 0) is 49.1 Å². The van der Waals surface area contributed by atoms with Gasteiger partial charge >= 0.3 is 6.18 Å². The molecule has 0 unspecified atom stereocenters. The Balaban J connectivity index is 2.19. The van der Waals surface area contributed by atoms with Gasteiger partial charge < -0.3 is 5.11 Å². The summed E-state index contributed by atoms with van der Waals surface area (Å²) >= 11 is 0. The predicted octanol–water partition coefficient (Wildman–Crippen LogP) is 3.97. The maximum atomic E-state index is 12.9. The lowest BCUT2D eigenvalue weighted by atomic mass is 9.77. The topological polar surface area (TPSA) is 20.2 Å². The first-order valence-corrected chi connectivity index (χ1v) is 6.29. The van der Waals surface area contributed by atoms with Crippen LogP contribution >= 0.6 is 0 Å². The lowest BCUT2D eigenvalue weighted by Crippen LogP contribution is -2.19. The van der Waals surface area contributed by atoms with E-state index in [2.05, 4.69) is 0 Å². The summed E-state index contributed by atoms with van der Waals surface area (Å²) in [5.41, 5.74) is -0.0844. The van der Waals surface area contributed by atoms with E-state index in [4.69, 9.17) is 5.11 Å². The number of aliphatic hydroxyl groups is 1. The fraction of sp³-hybridized carbons (Fsp3) is 0.571. The molecule has 0 atom stereocenters. The maximum Gasteiger partial charge on any atom is 0.416 e. The van der Waals surface area contributed by atoms with Gasteiger partial charge in [-0.25, -0.2) is 0 Å². The first kappa shape index (κ1) is 13.4. The van der Waals surface area contributed by atoms with Crippen LogP contribution in [-0.2, 0) is 6.18 Å². The van der Waals surface area contributed by atoms with E-state index in [0.29, 0.717) is 5.56 Å². The minimum absolute atomic E-state index is 0.0226. The molecule has 1 aliphatic carbocycles. The second kappa shape index (κ2) is 5.31. The van der Waals surface area contributed by atoms with Crippen molar-refractivity contribution in [2.75, 3.05) is 6.61 Å². The van der Waals surface area contributed by atoms with Crippen molar-refractivity contribution in [1.29, 1.82) is 0 Å². The van der Waals surface area contributed by atoms with E-state index in [9.17, 15) is 13.2 Å². The molecule has 0 aliphatic heterocycles. The molecule has 0 amide bonds. The van der Waals surface area contributed by atoms with Crippen molar-refractivity contribution in [3.63, 3.8) is 0 Å². The van der Waals surface area contributed by atoms with Crippen LogP contribution in [0.3, 0.4) is 0 Å². The summed E-state index contributed by atoms with van der Waals surface area (Å²) in [6, 6.07) is 5.86. The molecule has 0 aromatic heterocycles. The fourth-order valence-corrected chi connectivity index (χ4v) is 2.77. The van der Waals surface area contributed by atoms with Crippen molar-refractivity contribution in [1.82, 2.24) is 0 Å². The number of aliphatic hydroxyl groups excluding tert-OH is 1. The molecule has 0 radical (unpaired) electrons. The van der Waals surface area contributed by atoms with Gasteiger partial charge in [0.05, 0.1) is 5.56 Å². The molecule has 2 rings (SSSR count). The Bertz CT molecular complexity index is 392. The third-order valence-corrected chi connectivity index (χ3v) is 3.81. The smallest absolute Gasteiger partial charge is 0.396 e. The summed E-state index contributed by atoms with van der Waals surface area (Å²) in [6.45, 7) is 0.146. The van der Waals surface area contributed by atoms with Crippen molar-refractivity contribution in [3.05, 3.63) is 35.4 Å². The van der Waals surface area contributed by atoms with Gasteiger partial charge in [0.1, 0.15) is 0 Å². The molecule has 1 N–H and O–H groups in total. The number of hydrogen-bond acceptors (Lipinski definition) is 1. The molecule has 1 aliphatic rings. The zero-order chi connectivity index (χ0) is 13.2. The summed E-state index contributed by atoms with van der Waals surface area (Å²) in [4.78, 5) is 0. The lowest BCUT2D eigenvalue weighted by Gasteiger charge is -2.29. The van der Waals surface area contributed by atoms with E-state index in [1.165, 1.54) is 6.07 Å². The van der Waals surface area contributed by atoms with Gasteiger partial charge in [-0.1, -0.05) is 18.2 Å². The summed E-state index contributed by atoms with van der Waals surface area (Å²) in [7, 11) is 0. The van der Waals surface area contributed by atoms with Gasteiger partial charge in [0.15, 0.2) is 0 Å². The Labute approximate surface area is 105 Å². The van der Waals surface area contributed by atoms with Crippen LogP contribution in [-0.4, -0.2) is 11.7 Å². The molecule has 18 heavy (non-hydrogen) atoms. The summed E-state index contributed by atoms with van der Waals surface area (Å²) in [5.74, 6) is 0.241. The van der Waals surface area contributed by atoms with Crippen molar-refractivity contribution in [2.24, 2.45) is 5.92 Å². The number of benzene rings is 1. The van der Waals surface area contributed by atoms with Gasteiger partial charge in [0.2, 0.25) is 0 Å². The summed E-state index contributed by atoms with van der Waals surface area (Å²) in [6.07, 6.45) is -1.18. The normalized spacial score (nSPS) is 25.1. The maximum absolute atomic E-state index is 12.9. The van der Waals surface area contributed by atoms with E-state index in [1.807, 2.05) is 0 Å². The molecular formula is C14H17F3O. The average Bonchev–Trinajstić information content (AvgIpc) is 2.38. The Hall–Kier alpha value is -1.03. The van der Waals surface area contributed by atoms with Crippen LogP contribution in [0.15, 0.2) is 24.3 Å². The number of halogens is 3. The van der Waals surface area contributed by atoms with E-state index in [-0.39, 0.29) is 18.4 Å². The molecule has 0 heterocycles. The van der Waals surface area contributed by atoms with Crippen molar-refractivity contribution >= 4 is 0 Å². The van der Waals surface area contributed by atoms with Gasteiger partial charge in [0.25, 0.3) is 0 Å². The zero-order valence-corrected chi connectivity index (χ0v) is 10.1. The Morgan fingerprint density at radius 2 is 1.67 bits per heavy atom. The highest BCUT2D eigenvalue weighted by atomic mass is 19.4. The fourth-order valence-electron chi connectivity index (χ4n) is 2.77. The predicted molar refractivity (Wildman–Crippen MR) is 63.2 cm³/mol. The monoisotopic (exact) mass is 258 g/mol. The van der Waals surface area contributed by atoms with E-state index < -0.39 is 11.7 Å². The van der Waals surface area contributed by atoms with Gasteiger partial charge in [-0.2, -0.15) is 13.2 Å². The Morgan fingerprint density at radius 1 is 1.06 bits per heavy atom. The molecule has 1 aromatic carbocycles. The van der Waals surface area contributed by atoms with Crippen LogP contribution in [0.1, 0.15) is 42.7 Å². The first-order chi connectivity index (χ1) is 8.52. The average molecular weight is 258 g/mol. The van der Waals surface area contributed by atoms with Crippen LogP contribution in [0.2, 0.25) is 0 Å². The van der Waals surface area contributed by atoms with Crippen molar-refractivity contribution < 1.29 is 18.3 Å². The molecule has 1 nitrogen and oxygen atoms in total. The minimum Gasteiger partial charge on any atom is -0.396 e. The van der Waals surface area contributed by atoms with Crippen LogP contribution < -0.4 is 0 Å². The third-order valence-electron chi connectivity index (χ3n) is 3.81. The van der Waals surface area contributed by atoms with Crippen LogP contribution in [0.4, 0.5) is 13.2 Å². The second-order valence-electron chi connectivity index (χ2n) is 4.99. The number of alkyl halides is 3. The van der Waals surface area contributed by atoms with Crippen molar-refractivity contribution in [2.45, 2.75) is 37.8 Å². The van der Waals surface area contributed by atoms with Crippen LogP contribution in [0, 0.1) is 5.92 Å². The largest absolute Gasteiger partial charge is 0.416 e. The number of hydrogen-bond donors (Lipinski definition) is 1. The van der Waals surface area contributed by atoms with Gasteiger partial charge in [-0.15, -0.1) is 0 Å². The van der Waals surface area contributed by atoms with Crippen molar-refractivity contribution in [3.8, 4) is 0 Å². The number of rotatable bonds is 2. The molecule has 0 spiro atoms. The molecule has 0 bridgehead atoms. The van der Waals surface area contributed by atoms with E-state index >= 15 is 0 Å². The highest BCUT2D eigenvalue weighted by molar-refractivity contribution is 5.33. The van der Waals surface area contributed by atoms with Gasteiger partial charge in [0, 0.05) is 6.61 Å². The lowest BCUT2D eigenvalue weighted by molar-refractivity contribution is -0.138. The molecule has 4 heteroatoms. The Kier molecular flexibility index (Phi) is 3.95. The molecule has 1 saturated carbocycles. The highest BCUT2D eigenvalue weighted by Gasteiger charge is 2.35. The Morgan fingerprint density at radius 3 is 2.22 bits per heavy atom. The molecular weight excluding hydrogens is 241 g/mol. The molecule has 1 fully saturated rings. The highest BCUT2D eigenvalue weighted by Crippen LogP contribution is 2.41. The second-order valence-corrected chi connectivity index (χ2v) is 4.99.